The van der Waals surface area contributed by atoms with Gasteiger partial charge in [0.25, 0.3) is 0 Å². The van der Waals surface area contributed by atoms with Crippen molar-refractivity contribution >= 4 is 5.90 Å². The van der Waals surface area contributed by atoms with E-state index < -0.39 is 0 Å². The van der Waals surface area contributed by atoms with Crippen LogP contribution in [-0.2, 0) is 9.47 Å². The summed E-state index contributed by atoms with van der Waals surface area (Å²) >= 11 is 0. The predicted octanol–water partition coefficient (Wildman–Crippen LogP) is 2.42. The maximum atomic E-state index is 6.19. The summed E-state index contributed by atoms with van der Waals surface area (Å²) in [7, 11) is 0. The first-order valence-corrected chi connectivity index (χ1v) is 7.82. The van der Waals surface area contributed by atoms with Gasteiger partial charge < -0.3 is 14.8 Å². The third-order valence-corrected chi connectivity index (χ3v) is 4.06. The summed E-state index contributed by atoms with van der Waals surface area (Å²) in [4.78, 5) is 4.44. The second-order valence-electron chi connectivity index (χ2n) is 5.62. The van der Waals surface area contributed by atoms with Gasteiger partial charge in [-0.15, -0.1) is 0 Å². The quantitative estimate of drug-likeness (QED) is 0.805. The smallest absolute Gasteiger partial charge is 0.190 e. The second kappa shape index (κ2) is 6.93. The number of hydrogen-bond acceptors (Lipinski definition) is 4. The molecule has 0 aromatic heterocycles. The van der Waals surface area contributed by atoms with E-state index in [1.807, 2.05) is 0 Å². The average molecular weight is 276 g/mol. The molecule has 0 saturated carbocycles. The molecule has 1 atom stereocenters. The van der Waals surface area contributed by atoms with Crippen LogP contribution in [0.15, 0.2) is 29.0 Å². The minimum atomic E-state index is 0.296. The van der Waals surface area contributed by atoms with Crippen LogP contribution in [0.3, 0.4) is 0 Å². The minimum Gasteiger partial charge on any atom is -0.495 e. The summed E-state index contributed by atoms with van der Waals surface area (Å²) in [5.41, 5.74) is 0. The van der Waals surface area contributed by atoms with Gasteiger partial charge in [-0.3, -0.25) is 4.99 Å². The Labute approximate surface area is 120 Å². The van der Waals surface area contributed by atoms with Gasteiger partial charge in [-0.2, -0.15) is 0 Å². The zero-order valence-electron chi connectivity index (χ0n) is 12.0. The van der Waals surface area contributed by atoms with Gasteiger partial charge >= 0.3 is 0 Å². The number of ether oxygens (including phenoxy) is 2. The van der Waals surface area contributed by atoms with Gasteiger partial charge in [-0.1, -0.05) is 12.2 Å². The molecule has 0 radical (unpaired) electrons. The van der Waals surface area contributed by atoms with Crippen molar-refractivity contribution in [2.24, 2.45) is 10.9 Å². The lowest BCUT2D eigenvalue weighted by Gasteiger charge is -2.26. The van der Waals surface area contributed by atoms with Crippen molar-refractivity contribution in [2.45, 2.75) is 38.2 Å². The van der Waals surface area contributed by atoms with Crippen molar-refractivity contribution in [3.63, 3.8) is 0 Å². The summed E-state index contributed by atoms with van der Waals surface area (Å²) in [6.45, 7) is 3.69. The minimum absolute atomic E-state index is 0.296. The van der Waals surface area contributed by atoms with Gasteiger partial charge in [0.15, 0.2) is 5.90 Å². The fraction of sp³-hybridized carbons (Fsp3) is 0.688. The van der Waals surface area contributed by atoms with E-state index in [4.69, 9.17) is 9.47 Å². The highest BCUT2D eigenvalue weighted by atomic mass is 16.5. The fourth-order valence-corrected chi connectivity index (χ4v) is 2.92. The molecule has 1 fully saturated rings. The molecule has 3 rings (SSSR count). The molecular weight excluding hydrogens is 252 g/mol. The molecule has 0 amide bonds. The third-order valence-electron chi connectivity index (χ3n) is 4.06. The Bertz CT molecular complexity index is 409. The molecule has 0 spiro atoms. The molecule has 0 aromatic rings. The van der Waals surface area contributed by atoms with E-state index in [-0.39, 0.29) is 0 Å². The van der Waals surface area contributed by atoms with Crippen molar-refractivity contribution in [1.29, 1.82) is 0 Å². The van der Waals surface area contributed by atoms with Gasteiger partial charge in [-0.25, -0.2) is 0 Å². The van der Waals surface area contributed by atoms with Gasteiger partial charge in [0.05, 0.1) is 18.2 Å². The summed E-state index contributed by atoms with van der Waals surface area (Å²) in [5.74, 6) is 2.36. The van der Waals surface area contributed by atoms with Crippen molar-refractivity contribution in [3.05, 3.63) is 24.0 Å². The normalized spacial score (nSPS) is 32.3. The van der Waals surface area contributed by atoms with E-state index in [0.29, 0.717) is 12.0 Å². The van der Waals surface area contributed by atoms with Crippen LogP contribution in [0.5, 0.6) is 0 Å². The molecule has 2 heterocycles. The molecule has 1 aliphatic carbocycles. The van der Waals surface area contributed by atoms with Gasteiger partial charge in [0.2, 0.25) is 0 Å². The first-order valence-electron chi connectivity index (χ1n) is 7.82. The second-order valence-corrected chi connectivity index (χ2v) is 5.62. The largest absolute Gasteiger partial charge is 0.495 e. The maximum Gasteiger partial charge on any atom is 0.190 e. The monoisotopic (exact) mass is 276 g/mol. The van der Waals surface area contributed by atoms with Gasteiger partial charge in [0.1, 0.15) is 12.7 Å². The lowest BCUT2D eigenvalue weighted by atomic mass is 10.00. The first-order chi connectivity index (χ1) is 9.92. The summed E-state index contributed by atoms with van der Waals surface area (Å²) in [6, 6.07) is 0. The lowest BCUT2D eigenvalue weighted by Crippen LogP contribution is -2.32. The zero-order chi connectivity index (χ0) is 13.6. The third kappa shape index (κ3) is 3.63. The van der Waals surface area contributed by atoms with Crippen LogP contribution < -0.4 is 5.32 Å². The number of piperidine rings is 1. The summed E-state index contributed by atoms with van der Waals surface area (Å²) in [5, 5.41) is 3.38. The fourth-order valence-electron chi connectivity index (χ4n) is 2.92. The molecule has 1 unspecified atom stereocenters. The number of nitrogens with zero attached hydrogens (tertiary/aromatic N) is 1. The summed E-state index contributed by atoms with van der Waals surface area (Å²) in [6.07, 6.45) is 12.4. The number of allylic oxidation sites excluding steroid dienone is 3. The standard InChI is InChI=1S/C16H24N2O2/c1-2-4-14(20-15-7-9-17-10-8-15)6-5-13(3-1)16-18-11-12-19-16/h1,3,6,13,15,17H,2,4-5,7-12H2/b3-1-,14-6+. The number of rotatable bonds is 3. The van der Waals surface area contributed by atoms with Crippen molar-refractivity contribution in [2.75, 3.05) is 26.2 Å². The molecule has 110 valence electrons. The van der Waals surface area contributed by atoms with Crippen LogP contribution in [0.2, 0.25) is 0 Å². The lowest BCUT2D eigenvalue weighted by molar-refractivity contribution is 0.0818. The highest BCUT2D eigenvalue weighted by molar-refractivity contribution is 5.81. The molecule has 1 N–H and O–H groups in total. The van der Waals surface area contributed by atoms with Crippen LogP contribution in [0.4, 0.5) is 0 Å². The molecule has 0 aromatic carbocycles. The van der Waals surface area contributed by atoms with E-state index in [2.05, 4.69) is 28.5 Å². The van der Waals surface area contributed by atoms with Crippen molar-refractivity contribution in [3.8, 4) is 0 Å². The topological polar surface area (TPSA) is 42.9 Å². The highest BCUT2D eigenvalue weighted by Crippen LogP contribution is 2.23. The highest BCUT2D eigenvalue weighted by Gasteiger charge is 2.20. The molecule has 3 aliphatic rings. The Morgan fingerprint density at radius 3 is 3.00 bits per heavy atom. The van der Waals surface area contributed by atoms with Crippen LogP contribution in [0.25, 0.3) is 0 Å². The van der Waals surface area contributed by atoms with Crippen molar-refractivity contribution in [1.82, 2.24) is 5.32 Å². The van der Waals surface area contributed by atoms with E-state index >= 15 is 0 Å². The Hall–Kier alpha value is -1.29. The van der Waals surface area contributed by atoms with Crippen LogP contribution in [0.1, 0.15) is 32.1 Å². The molecule has 1 saturated heterocycles. The van der Waals surface area contributed by atoms with E-state index in [1.165, 1.54) is 0 Å². The number of aliphatic imine (C=N–C) groups is 1. The SMILES string of the molecule is C1=C\C(C2=NCCO2)C/C=C(/OC2CCNCC2)CC/1. The molecule has 4 nitrogen and oxygen atoms in total. The van der Waals surface area contributed by atoms with Crippen LogP contribution in [0, 0.1) is 5.92 Å². The number of hydrogen-bond donors (Lipinski definition) is 1. The Morgan fingerprint density at radius 1 is 1.30 bits per heavy atom. The number of nitrogens with one attached hydrogen (secondary N) is 1. The average Bonchev–Trinajstić information content (AvgIpc) is 2.97. The molecule has 4 heteroatoms. The predicted molar refractivity (Wildman–Crippen MR) is 79.8 cm³/mol. The van der Waals surface area contributed by atoms with Gasteiger partial charge in [0, 0.05) is 6.42 Å². The zero-order valence-corrected chi connectivity index (χ0v) is 12.0. The van der Waals surface area contributed by atoms with Gasteiger partial charge in [-0.05, 0) is 44.8 Å². The van der Waals surface area contributed by atoms with Crippen LogP contribution in [-0.4, -0.2) is 38.2 Å². The summed E-state index contributed by atoms with van der Waals surface area (Å²) < 4.78 is 11.8. The molecule has 0 bridgehead atoms. The Morgan fingerprint density at radius 2 is 2.20 bits per heavy atom. The maximum absolute atomic E-state index is 6.19. The Kier molecular flexibility index (Phi) is 4.74. The molecule has 2 aliphatic heterocycles. The molecule has 20 heavy (non-hydrogen) atoms. The Balaban J connectivity index is 1.59. The van der Waals surface area contributed by atoms with E-state index in [9.17, 15) is 0 Å². The van der Waals surface area contributed by atoms with Crippen molar-refractivity contribution < 1.29 is 9.47 Å². The van der Waals surface area contributed by atoms with E-state index in [1.54, 1.807) is 0 Å². The van der Waals surface area contributed by atoms with Crippen LogP contribution >= 0.6 is 0 Å². The van der Waals surface area contributed by atoms with E-state index in [0.717, 1.165) is 70.0 Å². The molecular formula is C16H24N2O2. The first kappa shape index (κ1) is 13.7.